The van der Waals surface area contributed by atoms with Crippen molar-refractivity contribution in [3.05, 3.63) is 42.5 Å². The van der Waals surface area contributed by atoms with Crippen LogP contribution in [-0.2, 0) is 11.3 Å². The standard InChI is InChI=1S/C18H26F3N3O2.HI/c1-3-11-26-16-9-6-5-8-15(16)13-24-17(22-4-2)23-10-7-12-25-14-18(19,20)21;/h3,5-6,8-9H,1,4,7,10-14H2,2H3,(H2,22,23,24);1H. The van der Waals surface area contributed by atoms with Gasteiger partial charge in [0.2, 0.25) is 0 Å². The molecule has 1 aromatic carbocycles. The van der Waals surface area contributed by atoms with Crippen LogP contribution in [0.5, 0.6) is 5.75 Å². The molecule has 0 spiro atoms. The fraction of sp³-hybridized carbons (Fsp3) is 0.500. The molecule has 154 valence electrons. The molecule has 0 aliphatic heterocycles. The molecule has 0 bridgehead atoms. The molecule has 27 heavy (non-hydrogen) atoms. The third-order valence-electron chi connectivity index (χ3n) is 3.10. The quantitative estimate of drug-likeness (QED) is 0.159. The summed E-state index contributed by atoms with van der Waals surface area (Å²) in [6.45, 7) is 6.33. The maximum atomic E-state index is 12.0. The van der Waals surface area contributed by atoms with Crippen molar-refractivity contribution in [2.45, 2.75) is 26.1 Å². The van der Waals surface area contributed by atoms with E-state index in [0.717, 1.165) is 11.3 Å². The smallest absolute Gasteiger partial charge is 0.411 e. The predicted octanol–water partition coefficient (Wildman–Crippen LogP) is 3.89. The molecular formula is C18H27F3IN3O2. The van der Waals surface area contributed by atoms with Crippen molar-refractivity contribution in [1.82, 2.24) is 10.6 Å². The average molecular weight is 501 g/mol. The molecule has 0 atom stereocenters. The van der Waals surface area contributed by atoms with E-state index in [2.05, 4.69) is 26.9 Å². The first kappa shape index (κ1) is 25.5. The lowest BCUT2D eigenvalue weighted by atomic mass is 10.2. The van der Waals surface area contributed by atoms with Crippen LogP contribution in [0.4, 0.5) is 13.2 Å². The third-order valence-corrected chi connectivity index (χ3v) is 3.10. The number of benzene rings is 1. The van der Waals surface area contributed by atoms with Crippen molar-refractivity contribution in [1.29, 1.82) is 0 Å². The van der Waals surface area contributed by atoms with E-state index < -0.39 is 12.8 Å². The minimum atomic E-state index is -4.29. The highest BCUT2D eigenvalue weighted by molar-refractivity contribution is 14.0. The number of alkyl halides is 3. The molecule has 2 N–H and O–H groups in total. The monoisotopic (exact) mass is 501 g/mol. The van der Waals surface area contributed by atoms with Crippen molar-refractivity contribution in [2.75, 3.05) is 32.9 Å². The highest BCUT2D eigenvalue weighted by Crippen LogP contribution is 2.18. The van der Waals surface area contributed by atoms with E-state index >= 15 is 0 Å². The number of halogens is 4. The highest BCUT2D eigenvalue weighted by Gasteiger charge is 2.27. The summed E-state index contributed by atoms with van der Waals surface area (Å²) >= 11 is 0. The molecule has 9 heteroatoms. The van der Waals surface area contributed by atoms with Crippen LogP contribution in [0.25, 0.3) is 0 Å². The zero-order chi connectivity index (χ0) is 19.3. The Morgan fingerprint density at radius 1 is 1.26 bits per heavy atom. The van der Waals surface area contributed by atoms with E-state index in [1.807, 2.05) is 31.2 Å². The first-order chi connectivity index (χ1) is 12.5. The summed E-state index contributed by atoms with van der Waals surface area (Å²) in [6.07, 6.45) is -2.17. The van der Waals surface area contributed by atoms with Crippen molar-refractivity contribution in [3.63, 3.8) is 0 Å². The van der Waals surface area contributed by atoms with Crippen molar-refractivity contribution in [2.24, 2.45) is 4.99 Å². The molecular weight excluding hydrogens is 474 g/mol. The average Bonchev–Trinajstić information content (AvgIpc) is 2.60. The second-order valence-electron chi connectivity index (χ2n) is 5.35. The molecule has 0 saturated carbocycles. The summed E-state index contributed by atoms with van der Waals surface area (Å²) in [6, 6.07) is 7.59. The lowest BCUT2D eigenvalue weighted by molar-refractivity contribution is -0.173. The van der Waals surface area contributed by atoms with E-state index in [4.69, 9.17) is 4.74 Å². The molecule has 5 nitrogen and oxygen atoms in total. The van der Waals surface area contributed by atoms with Gasteiger partial charge in [-0.3, -0.25) is 0 Å². The number of guanidine groups is 1. The highest BCUT2D eigenvalue weighted by atomic mass is 127. The van der Waals surface area contributed by atoms with Crippen molar-refractivity contribution < 1.29 is 22.6 Å². The number of rotatable bonds is 11. The Bertz CT molecular complexity index is 569. The van der Waals surface area contributed by atoms with Crippen LogP contribution in [-0.4, -0.2) is 45.0 Å². The van der Waals surface area contributed by atoms with E-state index in [1.54, 1.807) is 6.08 Å². The van der Waals surface area contributed by atoms with Gasteiger partial charge in [0, 0.05) is 25.3 Å². The molecule has 0 amide bonds. The molecule has 0 aromatic heterocycles. The van der Waals surface area contributed by atoms with E-state index in [-0.39, 0.29) is 30.6 Å². The van der Waals surface area contributed by atoms with Crippen LogP contribution in [0, 0.1) is 0 Å². The maximum absolute atomic E-state index is 12.0. The van der Waals surface area contributed by atoms with Gasteiger partial charge in [0.05, 0.1) is 6.54 Å². The van der Waals surface area contributed by atoms with E-state index in [9.17, 15) is 13.2 Å². The van der Waals surface area contributed by atoms with Gasteiger partial charge in [-0.2, -0.15) is 13.2 Å². The fourth-order valence-corrected chi connectivity index (χ4v) is 2.00. The third kappa shape index (κ3) is 12.5. The summed E-state index contributed by atoms with van der Waals surface area (Å²) < 4.78 is 46.1. The number of ether oxygens (including phenoxy) is 2. The molecule has 1 rings (SSSR count). The van der Waals surface area contributed by atoms with Gasteiger partial charge < -0.3 is 20.1 Å². The minimum Gasteiger partial charge on any atom is -0.489 e. The van der Waals surface area contributed by atoms with Gasteiger partial charge in [-0.05, 0) is 19.4 Å². The molecule has 0 saturated heterocycles. The first-order valence-corrected chi connectivity index (χ1v) is 8.44. The molecule has 0 aliphatic carbocycles. The molecule has 0 radical (unpaired) electrons. The maximum Gasteiger partial charge on any atom is 0.411 e. The molecule has 1 aromatic rings. The topological polar surface area (TPSA) is 54.9 Å². The number of hydrogen-bond donors (Lipinski definition) is 2. The number of aliphatic imine (C=N–C) groups is 1. The number of para-hydroxylation sites is 1. The normalized spacial score (nSPS) is 11.5. The van der Waals surface area contributed by atoms with E-state index in [1.165, 1.54) is 0 Å². The largest absolute Gasteiger partial charge is 0.489 e. The molecule has 0 unspecified atom stereocenters. The van der Waals surface area contributed by atoms with Gasteiger partial charge in [-0.15, -0.1) is 24.0 Å². The molecule has 0 aliphatic rings. The Hall–Kier alpha value is -1.49. The fourth-order valence-electron chi connectivity index (χ4n) is 2.00. The Morgan fingerprint density at radius 2 is 2.00 bits per heavy atom. The number of nitrogens with zero attached hydrogens (tertiary/aromatic N) is 1. The number of hydrogen-bond acceptors (Lipinski definition) is 3. The summed E-state index contributed by atoms with van der Waals surface area (Å²) in [5.41, 5.74) is 0.931. The van der Waals surface area contributed by atoms with Crippen molar-refractivity contribution >= 4 is 29.9 Å². The van der Waals surface area contributed by atoms with Gasteiger partial charge in [0.15, 0.2) is 5.96 Å². The summed E-state index contributed by atoms with van der Waals surface area (Å²) in [5.74, 6) is 1.33. The van der Waals surface area contributed by atoms with Gasteiger partial charge >= 0.3 is 6.18 Å². The minimum absolute atomic E-state index is 0. The Morgan fingerprint density at radius 3 is 2.67 bits per heavy atom. The van der Waals surface area contributed by atoms with Crippen molar-refractivity contribution in [3.8, 4) is 5.75 Å². The van der Waals surface area contributed by atoms with Gasteiger partial charge in [0.25, 0.3) is 0 Å². The SMILES string of the molecule is C=CCOc1ccccc1CN=C(NCC)NCCCOCC(F)(F)F.I. The second kappa shape index (κ2) is 14.6. The van der Waals surface area contributed by atoms with Crippen LogP contribution in [0.15, 0.2) is 41.9 Å². The van der Waals surface area contributed by atoms with Crippen LogP contribution >= 0.6 is 24.0 Å². The van der Waals surface area contributed by atoms with E-state index in [0.29, 0.717) is 38.6 Å². The number of nitrogens with one attached hydrogen (secondary N) is 2. The van der Waals surface area contributed by atoms with Crippen LogP contribution in [0.3, 0.4) is 0 Å². The summed E-state index contributed by atoms with van der Waals surface area (Å²) in [7, 11) is 0. The first-order valence-electron chi connectivity index (χ1n) is 8.44. The Kier molecular flexibility index (Phi) is 13.8. The Balaban J connectivity index is 0.00000676. The zero-order valence-electron chi connectivity index (χ0n) is 15.3. The predicted molar refractivity (Wildman–Crippen MR) is 112 cm³/mol. The lowest BCUT2D eigenvalue weighted by Crippen LogP contribution is -2.38. The van der Waals surface area contributed by atoms with Gasteiger partial charge in [0.1, 0.15) is 19.0 Å². The zero-order valence-corrected chi connectivity index (χ0v) is 17.7. The van der Waals surface area contributed by atoms with Crippen LogP contribution < -0.4 is 15.4 Å². The van der Waals surface area contributed by atoms with Crippen LogP contribution in [0.2, 0.25) is 0 Å². The summed E-state index contributed by atoms with van der Waals surface area (Å²) in [4.78, 5) is 4.48. The Labute approximate surface area is 175 Å². The van der Waals surface area contributed by atoms with Crippen LogP contribution in [0.1, 0.15) is 18.9 Å². The second-order valence-corrected chi connectivity index (χ2v) is 5.35. The molecule has 0 heterocycles. The molecule has 0 fully saturated rings. The van der Waals surface area contributed by atoms with Gasteiger partial charge in [-0.25, -0.2) is 4.99 Å². The van der Waals surface area contributed by atoms with Gasteiger partial charge in [-0.1, -0.05) is 30.9 Å². The lowest BCUT2D eigenvalue weighted by Gasteiger charge is -2.13. The summed E-state index contributed by atoms with van der Waals surface area (Å²) in [5, 5.41) is 6.16.